The van der Waals surface area contributed by atoms with Crippen LogP contribution in [0.2, 0.25) is 0 Å². The maximum atomic E-state index is 14.9. The lowest BCUT2D eigenvalue weighted by molar-refractivity contribution is -0.127. The molecule has 0 spiro atoms. The number of nitrogens with one attached hydrogen (secondary N) is 1. The molecule has 48 heavy (non-hydrogen) atoms. The Morgan fingerprint density at radius 3 is 2.73 bits per heavy atom. The van der Waals surface area contributed by atoms with Crippen LogP contribution in [0.3, 0.4) is 0 Å². The molecule has 2 bridgehead atoms. The van der Waals surface area contributed by atoms with E-state index in [0.29, 0.717) is 48.3 Å². The van der Waals surface area contributed by atoms with E-state index < -0.39 is 11.6 Å². The number of hydrogen-bond donors (Lipinski definition) is 2. The number of ether oxygens (including phenoxy) is 2. The fourth-order valence-electron chi connectivity index (χ4n) is 7.74. The number of aromatic hydroxyl groups is 1. The number of terminal acetylenes is 1. The number of amides is 1. The van der Waals surface area contributed by atoms with Crippen LogP contribution in [0.4, 0.5) is 10.2 Å². The SMILES string of the molecule is C#Cc1c(F)ccc2cc(O)cc(C(=O)c3nc4nc(OC[C@@H]5CCC(=O)N5C)nc(N5CC6CC(OC)C(C5)N6)c4n3C3CCC3)c12. The Hall–Kier alpha value is -4.80. The van der Waals surface area contributed by atoms with Gasteiger partial charge in [0.25, 0.3) is 0 Å². The number of ketones is 1. The minimum atomic E-state index is -0.635. The summed E-state index contributed by atoms with van der Waals surface area (Å²) in [6, 6.07) is 5.71. The van der Waals surface area contributed by atoms with Gasteiger partial charge in [0, 0.05) is 56.7 Å². The van der Waals surface area contributed by atoms with E-state index in [2.05, 4.69) is 16.1 Å². The van der Waals surface area contributed by atoms with Gasteiger partial charge in [-0.15, -0.1) is 6.42 Å². The molecule has 0 radical (unpaired) electrons. The lowest BCUT2D eigenvalue weighted by atomic mass is 9.91. The van der Waals surface area contributed by atoms with Crippen molar-refractivity contribution in [3.05, 3.63) is 47.0 Å². The minimum Gasteiger partial charge on any atom is -0.508 e. The number of fused-ring (bicyclic) bond motifs is 4. The molecule has 3 saturated heterocycles. The number of benzene rings is 2. The molecule has 13 heteroatoms. The smallest absolute Gasteiger partial charge is 0.320 e. The van der Waals surface area contributed by atoms with E-state index in [1.165, 1.54) is 24.3 Å². The fourth-order valence-corrected chi connectivity index (χ4v) is 7.74. The zero-order valence-corrected chi connectivity index (χ0v) is 26.8. The molecule has 1 saturated carbocycles. The first-order valence-electron chi connectivity index (χ1n) is 16.4. The first-order chi connectivity index (χ1) is 23.2. The molecule has 8 rings (SSSR count). The number of hydrogen-bond acceptors (Lipinski definition) is 10. The molecule has 12 nitrogen and oxygen atoms in total. The van der Waals surface area contributed by atoms with Crippen molar-refractivity contribution < 1.29 is 28.6 Å². The number of phenolic OH excluding ortho intramolecular Hbond substituents is 1. The van der Waals surface area contributed by atoms with Gasteiger partial charge in [0.05, 0.1) is 23.8 Å². The molecular formula is C35H36FN7O5. The molecule has 248 valence electrons. The largest absolute Gasteiger partial charge is 0.508 e. The molecule has 3 aliphatic heterocycles. The number of rotatable bonds is 8. The van der Waals surface area contributed by atoms with E-state index in [9.17, 15) is 19.1 Å². The van der Waals surface area contributed by atoms with E-state index in [1.807, 2.05) is 4.57 Å². The Morgan fingerprint density at radius 2 is 2.02 bits per heavy atom. The number of aromatic nitrogens is 4. The number of likely N-dealkylation sites (N-methyl/N-ethyl adjacent to an activating group) is 1. The molecule has 2 aromatic carbocycles. The number of likely N-dealkylation sites (tertiary alicyclic amines) is 1. The second kappa shape index (κ2) is 11.7. The number of imidazole rings is 1. The summed E-state index contributed by atoms with van der Waals surface area (Å²) in [5.41, 5.74) is 0.906. The molecule has 4 aromatic rings. The zero-order valence-electron chi connectivity index (χ0n) is 26.8. The van der Waals surface area contributed by atoms with Crippen LogP contribution in [-0.4, -0.2) is 99.3 Å². The van der Waals surface area contributed by atoms with Gasteiger partial charge in [-0.1, -0.05) is 12.0 Å². The Kier molecular flexibility index (Phi) is 7.45. The molecule has 4 atom stereocenters. The third-order valence-corrected chi connectivity index (χ3v) is 10.5. The summed E-state index contributed by atoms with van der Waals surface area (Å²) in [7, 11) is 3.49. The Labute approximate surface area is 276 Å². The molecule has 1 aliphatic carbocycles. The number of nitrogens with zero attached hydrogens (tertiary/aromatic N) is 6. The number of carbonyl (C=O) groups excluding carboxylic acids is 2. The summed E-state index contributed by atoms with van der Waals surface area (Å²) in [6.07, 6.45) is 10.4. The van der Waals surface area contributed by atoms with Crippen molar-refractivity contribution in [3.8, 4) is 24.1 Å². The summed E-state index contributed by atoms with van der Waals surface area (Å²) in [5.74, 6) is 1.88. The van der Waals surface area contributed by atoms with Gasteiger partial charge in [0.2, 0.25) is 11.7 Å². The van der Waals surface area contributed by atoms with Crippen molar-refractivity contribution in [2.24, 2.45) is 0 Å². The molecule has 2 N–H and O–H groups in total. The normalized spacial score (nSPS) is 24.0. The highest BCUT2D eigenvalue weighted by Gasteiger charge is 2.42. The van der Waals surface area contributed by atoms with Crippen molar-refractivity contribution >= 4 is 39.4 Å². The van der Waals surface area contributed by atoms with Crippen LogP contribution in [0, 0.1) is 18.2 Å². The molecule has 5 heterocycles. The number of anilines is 1. The van der Waals surface area contributed by atoms with Crippen LogP contribution < -0.4 is 15.0 Å². The summed E-state index contributed by atoms with van der Waals surface area (Å²) >= 11 is 0. The van der Waals surface area contributed by atoms with Crippen LogP contribution >= 0.6 is 0 Å². The molecule has 4 aliphatic rings. The van der Waals surface area contributed by atoms with Gasteiger partial charge in [-0.3, -0.25) is 9.59 Å². The monoisotopic (exact) mass is 653 g/mol. The van der Waals surface area contributed by atoms with Crippen molar-refractivity contribution in [2.75, 3.05) is 38.8 Å². The van der Waals surface area contributed by atoms with Crippen LogP contribution in [0.5, 0.6) is 11.8 Å². The molecule has 4 fully saturated rings. The highest BCUT2D eigenvalue weighted by Crippen LogP contribution is 2.41. The number of piperazine rings is 1. The predicted octanol–water partition coefficient (Wildman–Crippen LogP) is 3.33. The first kappa shape index (κ1) is 30.5. The average molecular weight is 654 g/mol. The maximum Gasteiger partial charge on any atom is 0.320 e. The molecular weight excluding hydrogens is 617 g/mol. The van der Waals surface area contributed by atoms with Crippen molar-refractivity contribution in [1.82, 2.24) is 29.7 Å². The Bertz CT molecular complexity index is 2020. The lowest BCUT2D eigenvalue weighted by Crippen LogP contribution is -2.53. The number of halogens is 1. The average Bonchev–Trinajstić information content (AvgIpc) is 3.69. The topological polar surface area (TPSA) is 135 Å². The third-order valence-electron chi connectivity index (χ3n) is 10.5. The summed E-state index contributed by atoms with van der Waals surface area (Å²) < 4.78 is 28.8. The van der Waals surface area contributed by atoms with Gasteiger partial charge < -0.3 is 34.3 Å². The second-order valence-electron chi connectivity index (χ2n) is 13.3. The molecule has 2 aromatic heterocycles. The van der Waals surface area contributed by atoms with E-state index in [0.717, 1.165) is 25.7 Å². The maximum absolute atomic E-state index is 14.9. The Morgan fingerprint density at radius 1 is 1.19 bits per heavy atom. The standard InChI is InChI=1S/C35H36FN7O5/c1-4-23-25(36)10-8-18-12-22(44)14-24(29(18)23)31(46)34-38-32-30(43(34)20-6-5-7-20)33(42-15-19-13-27(47-3)26(16-42)37-19)40-35(39-32)48-17-21-9-11-28(45)41(21)2/h1,8,10,12,14,19-21,26-27,37,44H,5-7,9,11,13,15-17H2,2-3H3/t19?,21-,26?,27?/m0/s1. The number of phenols is 1. The van der Waals surface area contributed by atoms with E-state index in [1.54, 1.807) is 19.1 Å². The van der Waals surface area contributed by atoms with Gasteiger partial charge in [0.15, 0.2) is 17.3 Å². The highest BCUT2D eigenvalue weighted by atomic mass is 19.1. The van der Waals surface area contributed by atoms with Crippen LogP contribution in [0.25, 0.3) is 21.9 Å². The van der Waals surface area contributed by atoms with E-state index in [4.69, 9.17) is 30.8 Å². The van der Waals surface area contributed by atoms with E-state index in [-0.39, 0.29) is 76.9 Å². The highest BCUT2D eigenvalue weighted by molar-refractivity contribution is 6.17. The van der Waals surface area contributed by atoms with Gasteiger partial charge >= 0.3 is 6.01 Å². The van der Waals surface area contributed by atoms with E-state index >= 15 is 0 Å². The number of methoxy groups -OCH3 is 1. The van der Waals surface area contributed by atoms with Gasteiger partial charge in [-0.25, -0.2) is 9.37 Å². The second-order valence-corrected chi connectivity index (χ2v) is 13.3. The van der Waals surface area contributed by atoms with Crippen LogP contribution in [-0.2, 0) is 9.53 Å². The zero-order chi connectivity index (χ0) is 33.3. The van der Waals surface area contributed by atoms with Crippen LogP contribution in [0.15, 0.2) is 24.3 Å². The van der Waals surface area contributed by atoms with Crippen molar-refractivity contribution in [2.45, 2.75) is 68.8 Å². The predicted molar refractivity (Wildman–Crippen MR) is 175 cm³/mol. The van der Waals surface area contributed by atoms with Crippen molar-refractivity contribution in [1.29, 1.82) is 0 Å². The van der Waals surface area contributed by atoms with Crippen molar-refractivity contribution in [3.63, 3.8) is 0 Å². The van der Waals surface area contributed by atoms with Gasteiger partial charge in [0.1, 0.15) is 23.7 Å². The third kappa shape index (κ3) is 4.93. The molecule has 1 amide bonds. The number of carbonyl (C=O) groups is 2. The fraction of sp³-hybridized carbons (Fsp3) is 0.457. The lowest BCUT2D eigenvalue weighted by Gasteiger charge is -2.35. The first-order valence-corrected chi connectivity index (χ1v) is 16.4. The minimum absolute atomic E-state index is 0.0417. The van der Waals surface area contributed by atoms with Gasteiger partial charge in [-0.2, -0.15) is 9.97 Å². The summed E-state index contributed by atoms with van der Waals surface area (Å²) in [4.78, 5) is 45.2. The Balaban J connectivity index is 1.29. The quantitative estimate of drug-likeness (QED) is 0.215. The molecule has 3 unspecified atom stereocenters. The summed E-state index contributed by atoms with van der Waals surface area (Å²) in [6.45, 7) is 1.49. The summed E-state index contributed by atoms with van der Waals surface area (Å²) in [5, 5.41) is 15.0. The van der Waals surface area contributed by atoms with Gasteiger partial charge in [-0.05, 0) is 55.7 Å². The van der Waals surface area contributed by atoms with Crippen LogP contribution in [0.1, 0.15) is 66.3 Å².